The fourth-order valence-electron chi connectivity index (χ4n) is 5.45. The number of aryl methyl sites for hydroxylation is 3. The normalized spacial score (nSPS) is 15.9. The number of rotatable bonds is 9. The van der Waals surface area contributed by atoms with Crippen molar-refractivity contribution < 1.29 is 28.9 Å². The van der Waals surface area contributed by atoms with Crippen LogP contribution < -0.4 is 19.1 Å². The van der Waals surface area contributed by atoms with Gasteiger partial charge in [-0.05, 0) is 86.3 Å². The van der Waals surface area contributed by atoms with Crippen LogP contribution in [0.2, 0.25) is 0 Å². The van der Waals surface area contributed by atoms with E-state index in [-0.39, 0.29) is 11.3 Å². The fraction of sp³-hybridized carbons (Fsp3) is 0.222. The highest BCUT2D eigenvalue weighted by atomic mass is 16.5. The summed E-state index contributed by atoms with van der Waals surface area (Å²) in [5, 5.41) is 11.7. The van der Waals surface area contributed by atoms with Gasteiger partial charge >= 0.3 is 0 Å². The quantitative estimate of drug-likeness (QED) is 0.128. The molecule has 0 bridgehead atoms. The summed E-state index contributed by atoms with van der Waals surface area (Å²) in [4.78, 5) is 28.9. The summed E-state index contributed by atoms with van der Waals surface area (Å²) in [6.07, 6.45) is 0. The number of hydrogen-bond acceptors (Lipinski definition) is 6. The van der Waals surface area contributed by atoms with Gasteiger partial charge in [-0.2, -0.15) is 0 Å². The maximum Gasteiger partial charge on any atom is 0.300 e. The molecule has 0 radical (unpaired) electrons. The van der Waals surface area contributed by atoms with Crippen molar-refractivity contribution in [2.24, 2.45) is 0 Å². The molecule has 1 atom stereocenters. The number of hydrogen-bond donors (Lipinski definition) is 1. The Morgan fingerprint density at radius 2 is 1.56 bits per heavy atom. The van der Waals surface area contributed by atoms with Gasteiger partial charge in [0.15, 0.2) is 11.5 Å². The van der Waals surface area contributed by atoms with Crippen LogP contribution in [0.25, 0.3) is 5.76 Å². The maximum atomic E-state index is 13.7. The monoisotopic (exact) mass is 577 g/mol. The van der Waals surface area contributed by atoms with Crippen molar-refractivity contribution in [2.45, 2.75) is 40.3 Å². The number of aliphatic hydroxyl groups is 1. The van der Waals surface area contributed by atoms with Crippen LogP contribution in [0.15, 0.2) is 90.5 Å². The second kappa shape index (κ2) is 12.4. The Hall–Kier alpha value is -5.04. The largest absolute Gasteiger partial charge is 0.507 e. The van der Waals surface area contributed by atoms with Crippen LogP contribution in [0.1, 0.15) is 46.3 Å². The average Bonchev–Trinajstić information content (AvgIpc) is 3.26. The standard InChI is InChI=1S/C36H35NO6/c1-6-42-31-20-26(13-17-30(31)41-5)33-32(35(39)36(40)37(33)28-15-12-22(2)18-23(28)3)34(38)27-14-16-29(24(4)19-27)43-21-25-10-8-7-9-11-25/h7-20,33,38H,6,21H2,1-5H3/b34-32+. The molecule has 1 heterocycles. The molecule has 7 heteroatoms. The zero-order chi connectivity index (χ0) is 30.7. The number of Topliss-reactive ketones (excluding diaryl/α,β-unsaturated/α-hetero) is 1. The third-order valence-electron chi connectivity index (χ3n) is 7.55. The Kier molecular flexibility index (Phi) is 8.53. The number of nitrogens with zero attached hydrogens (tertiary/aromatic N) is 1. The molecule has 43 heavy (non-hydrogen) atoms. The lowest BCUT2D eigenvalue weighted by molar-refractivity contribution is -0.132. The summed E-state index contributed by atoms with van der Waals surface area (Å²) in [6.45, 7) is 8.40. The van der Waals surface area contributed by atoms with Crippen molar-refractivity contribution in [3.8, 4) is 17.2 Å². The minimum atomic E-state index is -0.902. The average molecular weight is 578 g/mol. The van der Waals surface area contributed by atoms with E-state index in [1.807, 2.05) is 76.2 Å². The molecule has 1 fully saturated rings. The van der Waals surface area contributed by atoms with Crippen LogP contribution in [-0.4, -0.2) is 30.5 Å². The lowest BCUT2D eigenvalue weighted by atomic mass is 9.94. The molecule has 7 nitrogen and oxygen atoms in total. The molecular weight excluding hydrogens is 542 g/mol. The first-order valence-corrected chi connectivity index (χ1v) is 14.2. The first-order chi connectivity index (χ1) is 20.7. The molecule has 0 spiro atoms. The minimum Gasteiger partial charge on any atom is -0.507 e. The summed E-state index contributed by atoms with van der Waals surface area (Å²) in [6, 6.07) is 25.1. The summed E-state index contributed by atoms with van der Waals surface area (Å²) >= 11 is 0. The smallest absolute Gasteiger partial charge is 0.300 e. The van der Waals surface area contributed by atoms with E-state index < -0.39 is 17.7 Å². The van der Waals surface area contributed by atoms with E-state index in [1.54, 1.807) is 43.5 Å². The number of anilines is 1. The van der Waals surface area contributed by atoms with Gasteiger partial charge in [-0.25, -0.2) is 0 Å². The third-order valence-corrected chi connectivity index (χ3v) is 7.55. The molecule has 5 rings (SSSR count). The molecule has 4 aromatic rings. The van der Waals surface area contributed by atoms with E-state index in [0.29, 0.717) is 47.3 Å². The van der Waals surface area contributed by atoms with E-state index in [9.17, 15) is 14.7 Å². The number of benzene rings is 4. The van der Waals surface area contributed by atoms with Crippen molar-refractivity contribution in [3.63, 3.8) is 0 Å². The van der Waals surface area contributed by atoms with Crippen LogP contribution in [0, 0.1) is 20.8 Å². The van der Waals surface area contributed by atoms with Crippen LogP contribution >= 0.6 is 0 Å². The summed E-state index contributed by atoms with van der Waals surface area (Å²) < 4.78 is 17.3. The zero-order valence-electron chi connectivity index (χ0n) is 25.0. The highest BCUT2D eigenvalue weighted by molar-refractivity contribution is 6.51. The fourth-order valence-corrected chi connectivity index (χ4v) is 5.45. The van der Waals surface area contributed by atoms with Crippen molar-refractivity contribution in [1.29, 1.82) is 0 Å². The first-order valence-electron chi connectivity index (χ1n) is 14.2. The molecule has 1 N–H and O–H groups in total. The van der Waals surface area contributed by atoms with E-state index in [4.69, 9.17) is 14.2 Å². The van der Waals surface area contributed by atoms with E-state index in [1.165, 1.54) is 4.90 Å². The van der Waals surface area contributed by atoms with Crippen molar-refractivity contribution in [2.75, 3.05) is 18.6 Å². The van der Waals surface area contributed by atoms with Crippen LogP contribution in [0.5, 0.6) is 17.2 Å². The van der Waals surface area contributed by atoms with Gasteiger partial charge in [-0.3, -0.25) is 14.5 Å². The Labute approximate surface area is 252 Å². The number of aliphatic hydroxyl groups excluding tert-OH is 1. The predicted octanol–water partition coefficient (Wildman–Crippen LogP) is 7.22. The number of amides is 1. The second-order valence-electron chi connectivity index (χ2n) is 10.6. The molecule has 1 saturated heterocycles. The van der Waals surface area contributed by atoms with Crippen LogP contribution in [0.3, 0.4) is 0 Å². The van der Waals surface area contributed by atoms with Crippen molar-refractivity contribution in [3.05, 3.63) is 124 Å². The van der Waals surface area contributed by atoms with E-state index >= 15 is 0 Å². The SMILES string of the molecule is CCOc1cc(C2/C(=C(\O)c3ccc(OCc4ccccc4)c(C)c3)C(=O)C(=O)N2c2ccc(C)cc2C)ccc1OC. The topological polar surface area (TPSA) is 85.3 Å². The molecule has 4 aromatic carbocycles. The van der Waals surface area contributed by atoms with Gasteiger partial charge in [0.2, 0.25) is 0 Å². The number of ether oxygens (including phenoxy) is 3. The van der Waals surface area contributed by atoms with Crippen molar-refractivity contribution >= 4 is 23.1 Å². The molecule has 0 saturated carbocycles. The molecule has 1 amide bonds. The van der Waals surface area contributed by atoms with Gasteiger partial charge in [-0.1, -0.05) is 54.1 Å². The van der Waals surface area contributed by atoms with Crippen LogP contribution in [-0.2, 0) is 16.2 Å². The van der Waals surface area contributed by atoms with Gasteiger partial charge in [0.05, 0.1) is 25.3 Å². The lowest BCUT2D eigenvalue weighted by Gasteiger charge is -2.27. The van der Waals surface area contributed by atoms with Crippen molar-refractivity contribution in [1.82, 2.24) is 0 Å². The van der Waals surface area contributed by atoms with Gasteiger partial charge in [0.1, 0.15) is 18.1 Å². The number of carbonyl (C=O) groups is 2. The molecular formula is C36H35NO6. The van der Waals surface area contributed by atoms with Crippen LogP contribution in [0.4, 0.5) is 5.69 Å². The highest BCUT2D eigenvalue weighted by Crippen LogP contribution is 2.45. The summed E-state index contributed by atoms with van der Waals surface area (Å²) in [5.41, 5.74) is 5.27. The first kappa shape index (κ1) is 29.5. The number of ketones is 1. The van der Waals surface area contributed by atoms with Gasteiger partial charge in [0.25, 0.3) is 11.7 Å². The Balaban J connectivity index is 1.62. The van der Waals surface area contributed by atoms with E-state index in [0.717, 1.165) is 22.3 Å². The molecule has 220 valence electrons. The predicted molar refractivity (Wildman–Crippen MR) is 167 cm³/mol. The maximum absolute atomic E-state index is 13.7. The minimum absolute atomic E-state index is 0.00468. The number of carbonyl (C=O) groups excluding carboxylic acids is 2. The summed E-state index contributed by atoms with van der Waals surface area (Å²) in [7, 11) is 1.55. The third kappa shape index (κ3) is 5.84. The van der Waals surface area contributed by atoms with E-state index in [2.05, 4.69) is 0 Å². The Bertz CT molecular complexity index is 1710. The second-order valence-corrected chi connectivity index (χ2v) is 10.6. The molecule has 0 aromatic heterocycles. The molecule has 1 aliphatic heterocycles. The molecule has 0 aliphatic carbocycles. The van der Waals surface area contributed by atoms with Gasteiger partial charge in [-0.15, -0.1) is 0 Å². The highest BCUT2D eigenvalue weighted by Gasteiger charge is 2.47. The zero-order valence-corrected chi connectivity index (χ0v) is 25.0. The summed E-state index contributed by atoms with van der Waals surface area (Å²) in [5.74, 6) is -0.0864. The Morgan fingerprint density at radius 3 is 2.23 bits per heavy atom. The lowest BCUT2D eigenvalue weighted by Crippen LogP contribution is -2.30. The Morgan fingerprint density at radius 1 is 0.814 bits per heavy atom. The number of methoxy groups -OCH3 is 1. The van der Waals surface area contributed by atoms with Gasteiger partial charge < -0.3 is 19.3 Å². The molecule has 1 aliphatic rings. The van der Waals surface area contributed by atoms with Gasteiger partial charge in [0, 0.05) is 11.3 Å². The molecule has 1 unspecified atom stereocenters.